The maximum Gasteiger partial charge on any atom is 0.322 e. The van der Waals surface area contributed by atoms with E-state index >= 15 is 0 Å². The number of nitrogens with zero attached hydrogens (tertiary/aromatic N) is 1. The number of rotatable bonds is 3. The van der Waals surface area contributed by atoms with E-state index in [-0.39, 0.29) is 18.2 Å². The summed E-state index contributed by atoms with van der Waals surface area (Å²) in [7, 11) is -3.84. The Balaban J connectivity index is 1.97. The van der Waals surface area contributed by atoms with Crippen LogP contribution < -0.4 is 9.47 Å². The van der Waals surface area contributed by atoms with Crippen molar-refractivity contribution in [1.29, 1.82) is 0 Å². The van der Waals surface area contributed by atoms with Crippen LogP contribution in [-0.4, -0.2) is 43.2 Å². The standard InChI is InChI=1S/C12H13NO6S/c14-12(15)9-2-1-5-13(9)20(16,17)8-3-4-10-11(6-8)19-7-18-10/h3-4,6,9H,1-2,5,7H2,(H,14,15)/t9-/m0/s1. The molecule has 0 radical (unpaired) electrons. The van der Waals surface area contributed by atoms with Crippen LogP contribution in [0.15, 0.2) is 23.1 Å². The van der Waals surface area contributed by atoms with E-state index in [1.54, 1.807) is 0 Å². The molecule has 1 N–H and O–H groups in total. The Morgan fingerprint density at radius 2 is 2.05 bits per heavy atom. The van der Waals surface area contributed by atoms with Crippen molar-refractivity contribution in [2.45, 2.75) is 23.8 Å². The molecular weight excluding hydrogens is 286 g/mol. The van der Waals surface area contributed by atoms with Crippen molar-refractivity contribution >= 4 is 16.0 Å². The Labute approximate surface area is 115 Å². The normalized spacial score (nSPS) is 22.1. The average molecular weight is 299 g/mol. The molecule has 1 saturated heterocycles. The van der Waals surface area contributed by atoms with E-state index in [2.05, 4.69) is 0 Å². The molecule has 0 aromatic heterocycles. The maximum absolute atomic E-state index is 12.5. The smallest absolute Gasteiger partial charge is 0.322 e. The van der Waals surface area contributed by atoms with Crippen LogP contribution in [0.3, 0.4) is 0 Å². The Hall–Kier alpha value is -1.80. The monoisotopic (exact) mass is 299 g/mol. The lowest BCUT2D eigenvalue weighted by molar-refractivity contribution is -0.140. The van der Waals surface area contributed by atoms with Gasteiger partial charge in [-0.3, -0.25) is 4.79 Å². The second-order valence-electron chi connectivity index (χ2n) is 4.63. The third-order valence-corrected chi connectivity index (χ3v) is 5.34. The summed E-state index contributed by atoms with van der Waals surface area (Å²) in [6, 6.07) is 3.29. The third kappa shape index (κ3) is 2.01. The van der Waals surface area contributed by atoms with Crippen LogP contribution in [0.25, 0.3) is 0 Å². The molecule has 108 valence electrons. The Kier molecular flexibility index (Phi) is 3.06. The van der Waals surface area contributed by atoms with Crippen molar-refractivity contribution < 1.29 is 27.8 Å². The van der Waals surface area contributed by atoms with Gasteiger partial charge in [0, 0.05) is 12.6 Å². The summed E-state index contributed by atoms with van der Waals surface area (Å²) in [4.78, 5) is 11.1. The predicted molar refractivity (Wildman–Crippen MR) is 67.1 cm³/mol. The summed E-state index contributed by atoms with van der Waals surface area (Å²) in [5, 5.41) is 9.10. The van der Waals surface area contributed by atoms with Gasteiger partial charge in [-0.25, -0.2) is 8.42 Å². The summed E-state index contributed by atoms with van der Waals surface area (Å²) in [5.41, 5.74) is 0. The third-order valence-electron chi connectivity index (χ3n) is 3.44. The van der Waals surface area contributed by atoms with Gasteiger partial charge in [0.15, 0.2) is 11.5 Å². The zero-order chi connectivity index (χ0) is 14.3. The Morgan fingerprint density at radius 1 is 1.30 bits per heavy atom. The van der Waals surface area contributed by atoms with Crippen LogP contribution in [0.4, 0.5) is 0 Å². The van der Waals surface area contributed by atoms with E-state index in [1.165, 1.54) is 18.2 Å². The highest BCUT2D eigenvalue weighted by atomic mass is 32.2. The van der Waals surface area contributed by atoms with Crippen LogP contribution >= 0.6 is 0 Å². The molecule has 8 heteroatoms. The van der Waals surface area contributed by atoms with Crippen molar-refractivity contribution in [2.24, 2.45) is 0 Å². The first-order valence-electron chi connectivity index (χ1n) is 6.14. The second-order valence-corrected chi connectivity index (χ2v) is 6.52. The Morgan fingerprint density at radius 3 is 2.80 bits per heavy atom. The Bertz CT molecular complexity index is 656. The number of ether oxygens (including phenoxy) is 2. The van der Waals surface area contributed by atoms with Gasteiger partial charge in [-0.2, -0.15) is 4.31 Å². The highest BCUT2D eigenvalue weighted by Crippen LogP contribution is 2.35. The van der Waals surface area contributed by atoms with Crippen molar-refractivity contribution in [3.8, 4) is 11.5 Å². The maximum atomic E-state index is 12.5. The number of carboxylic acid groups (broad SMARTS) is 1. The van der Waals surface area contributed by atoms with Gasteiger partial charge in [0.25, 0.3) is 0 Å². The molecule has 2 aliphatic rings. The first-order valence-corrected chi connectivity index (χ1v) is 7.58. The van der Waals surface area contributed by atoms with E-state index in [4.69, 9.17) is 14.6 Å². The fourth-order valence-corrected chi connectivity index (χ4v) is 4.11. The topological polar surface area (TPSA) is 93.1 Å². The summed E-state index contributed by atoms with van der Waals surface area (Å²) in [6.45, 7) is 0.272. The number of carbonyl (C=O) groups is 1. The molecular formula is C12H13NO6S. The summed E-state index contributed by atoms with van der Waals surface area (Å²) < 4.78 is 36.3. The molecule has 2 aliphatic heterocycles. The molecule has 1 aromatic carbocycles. The number of benzene rings is 1. The van der Waals surface area contributed by atoms with Crippen molar-refractivity contribution in [2.75, 3.05) is 13.3 Å². The first kappa shape index (κ1) is 13.2. The number of hydrogen-bond acceptors (Lipinski definition) is 5. The molecule has 0 unspecified atom stereocenters. The largest absolute Gasteiger partial charge is 0.480 e. The van der Waals surface area contributed by atoms with E-state index in [1.807, 2.05) is 0 Å². The van der Waals surface area contributed by atoms with E-state index < -0.39 is 22.0 Å². The summed E-state index contributed by atoms with van der Waals surface area (Å²) in [6.07, 6.45) is 0.875. The molecule has 7 nitrogen and oxygen atoms in total. The summed E-state index contributed by atoms with van der Waals surface area (Å²) in [5.74, 6) is -0.274. The van der Waals surface area contributed by atoms with E-state index in [0.29, 0.717) is 24.3 Å². The van der Waals surface area contributed by atoms with Gasteiger partial charge in [-0.05, 0) is 25.0 Å². The quantitative estimate of drug-likeness (QED) is 0.881. The van der Waals surface area contributed by atoms with Crippen LogP contribution in [0.1, 0.15) is 12.8 Å². The molecule has 0 amide bonds. The molecule has 0 aliphatic carbocycles. The molecule has 1 fully saturated rings. The lowest BCUT2D eigenvalue weighted by atomic mass is 10.2. The minimum atomic E-state index is -3.84. The number of hydrogen-bond donors (Lipinski definition) is 1. The molecule has 0 saturated carbocycles. The fraction of sp³-hybridized carbons (Fsp3) is 0.417. The number of aliphatic carboxylic acids is 1. The lowest BCUT2D eigenvalue weighted by Crippen LogP contribution is -2.40. The molecule has 0 bridgehead atoms. The molecule has 1 aromatic rings. The highest BCUT2D eigenvalue weighted by Gasteiger charge is 2.39. The minimum Gasteiger partial charge on any atom is -0.480 e. The number of sulfonamides is 1. The van der Waals surface area contributed by atoms with Gasteiger partial charge >= 0.3 is 5.97 Å². The predicted octanol–water partition coefficient (Wildman–Crippen LogP) is 0.653. The zero-order valence-corrected chi connectivity index (χ0v) is 11.3. The van der Waals surface area contributed by atoms with Gasteiger partial charge in [0.2, 0.25) is 16.8 Å². The van der Waals surface area contributed by atoms with Gasteiger partial charge in [-0.1, -0.05) is 0 Å². The van der Waals surface area contributed by atoms with E-state index in [9.17, 15) is 13.2 Å². The van der Waals surface area contributed by atoms with Crippen LogP contribution in [-0.2, 0) is 14.8 Å². The van der Waals surface area contributed by atoms with Crippen molar-refractivity contribution in [3.63, 3.8) is 0 Å². The SMILES string of the molecule is O=C(O)[C@@H]1CCCN1S(=O)(=O)c1ccc2c(c1)OCO2. The molecule has 2 heterocycles. The van der Waals surface area contributed by atoms with Crippen LogP contribution in [0.5, 0.6) is 11.5 Å². The molecule has 3 rings (SSSR count). The van der Waals surface area contributed by atoms with Gasteiger partial charge < -0.3 is 14.6 Å². The van der Waals surface area contributed by atoms with Crippen molar-refractivity contribution in [1.82, 2.24) is 4.31 Å². The first-order chi connectivity index (χ1) is 9.50. The minimum absolute atomic E-state index is 0.0231. The average Bonchev–Trinajstić information content (AvgIpc) is 3.06. The van der Waals surface area contributed by atoms with Crippen LogP contribution in [0, 0.1) is 0 Å². The number of carboxylic acids is 1. The fourth-order valence-electron chi connectivity index (χ4n) is 2.45. The molecule has 0 spiro atoms. The number of fused-ring (bicyclic) bond motifs is 1. The molecule has 20 heavy (non-hydrogen) atoms. The van der Waals surface area contributed by atoms with Crippen LogP contribution in [0.2, 0.25) is 0 Å². The van der Waals surface area contributed by atoms with Gasteiger partial charge in [0.1, 0.15) is 6.04 Å². The van der Waals surface area contributed by atoms with Crippen molar-refractivity contribution in [3.05, 3.63) is 18.2 Å². The lowest BCUT2D eigenvalue weighted by Gasteiger charge is -2.21. The van der Waals surface area contributed by atoms with Gasteiger partial charge in [0.05, 0.1) is 4.90 Å². The second kappa shape index (κ2) is 4.64. The van der Waals surface area contributed by atoms with Gasteiger partial charge in [-0.15, -0.1) is 0 Å². The summed E-state index contributed by atoms with van der Waals surface area (Å²) >= 11 is 0. The van der Waals surface area contributed by atoms with E-state index in [0.717, 1.165) is 4.31 Å². The molecule has 1 atom stereocenters. The highest BCUT2D eigenvalue weighted by molar-refractivity contribution is 7.89. The zero-order valence-electron chi connectivity index (χ0n) is 10.5.